The third kappa shape index (κ3) is 3.27. The fraction of sp³-hybridized carbons (Fsp3) is 0.611. The van der Waals surface area contributed by atoms with Gasteiger partial charge >= 0.3 is 0 Å². The van der Waals surface area contributed by atoms with E-state index in [-0.39, 0.29) is 18.6 Å². The highest BCUT2D eigenvalue weighted by Crippen LogP contribution is 2.44. The van der Waals surface area contributed by atoms with E-state index in [0.717, 1.165) is 25.2 Å². The first-order chi connectivity index (χ1) is 11.1. The van der Waals surface area contributed by atoms with E-state index in [0.29, 0.717) is 25.4 Å². The van der Waals surface area contributed by atoms with E-state index >= 15 is 0 Å². The van der Waals surface area contributed by atoms with E-state index in [1.54, 1.807) is 0 Å². The average Bonchev–Trinajstić information content (AvgIpc) is 2.84. The summed E-state index contributed by atoms with van der Waals surface area (Å²) in [6.45, 7) is 5.34. The maximum atomic E-state index is 12.8. The van der Waals surface area contributed by atoms with E-state index in [1.807, 2.05) is 4.90 Å². The molecule has 0 saturated carbocycles. The Kier molecular flexibility index (Phi) is 4.99. The highest BCUT2D eigenvalue weighted by Gasteiger charge is 2.43. The zero-order valence-corrected chi connectivity index (χ0v) is 14.1. The molecule has 5 nitrogen and oxygen atoms in total. The number of aliphatic hydroxyl groups is 1. The third-order valence-corrected chi connectivity index (χ3v) is 5.01. The molecule has 5 heteroatoms. The molecule has 3 rings (SSSR count). The second kappa shape index (κ2) is 6.99. The van der Waals surface area contributed by atoms with Gasteiger partial charge in [-0.15, -0.1) is 0 Å². The Morgan fingerprint density at radius 2 is 2.26 bits per heavy atom. The number of fused-ring (bicyclic) bond motifs is 3. The molecule has 0 bridgehead atoms. The largest absolute Gasteiger partial charge is 0.396 e. The lowest BCUT2D eigenvalue weighted by Crippen LogP contribution is -2.49. The van der Waals surface area contributed by atoms with Crippen molar-refractivity contribution in [3.8, 4) is 0 Å². The summed E-state index contributed by atoms with van der Waals surface area (Å²) in [5, 5.41) is 12.0. The van der Waals surface area contributed by atoms with Crippen LogP contribution in [0.1, 0.15) is 29.9 Å². The van der Waals surface area contributed by atoms with Gasteiger partial charge in [0.05, 0.1) is 6.54 Å². The highest BCUT2D eigenvalue weighted by molar-refractivity contribution is 5.98. The van der Waals surface area contributed by atoms with Crippen molar-refractivity contribution in [3.63, 3.8) is 0 Å². The molecule has 0 aromatic heterocycles. The van der Waals surface area contributed by atoms with Gasteiger partial charge in [-0.1, -0.05) is 17.7 Å². The predicted molar refractivity (Wildman–Crippen MR) is 91.9 cm³/mol. The van der Waals surface area contributed by atoms with Crippen LogP contribution in [0, 0.1) is 6.92 Å². The average molecular weight is 317 g/mol. The number of anilines is 1. The molecule has 1 aromatic rings. The minimum absolute atomic E-state index is 0.144. The van der Waals surface area contributed by atoms with Gasteiger partial charge in [-0.05, 0) is 51.5 Å². The Morgan fingerprint density at radius 1 is 1.43 bits per heavy atom. The van der Waals surface area contributed by atoms with E-state index in [4.69, 9.17) is 5.11 Å². The number of carbonyl (C=O) groups excluding carboxylic acids is 1. The molecule has 1 saturated heterocycles. The number of likely N-dealkylation sites (N-methyl/N-ethyl adjacent to an activating group) is 1. The lowest BCUT2D eigenvalue weighted by molar-refractivity contribution is -0.118. The van der Waals surface area contributed by atoms with Crippen LogP contribution in [0.25, 0.3) is 0 Å². The number of nitrogens with one attached hydrogen (secondary N) is 1. The van der Waals surface area contributed by atoms with E-state index in [2.05, 4.69) is 42.4 Å². The number of nitrogens with zero attached hydrogens (tertiary/aromatic N) is 2. The van der Waals surface area contributed by atoms with Crippen LogP contribution in [0.5, 0.6) is 0 Å². The molecule has 2 heterocycles. The maximum absolute atomic E-state index is 12.8. The van der Waals surface area contributed by atoms with Gasteiger partial charge in [0.1, 0.15) is 0 Å². The van der Waals surface area contributed by atoms with Crippen molar-refractivity contribution in [2.45, 2.75) is 31.7 Å². The molecule has 0 unspecified atom stereocenters. The highest BCUT2D eigenvalue weighted by atomic mass is 16.3. The van der Waals surface area contributed by atoms with Crippen molar-refractivity contribution in [1.82, 2.24) is 10.2 Å². The summed E-state index contributed by atoms with van der Waals surface area (Å²) in [5.74, 6) is 0.565. The van der Waals surface area contributed by atoms with Crippen molar-refractivity contribution in [3.05, 3.63) is 29.3 Å². The number of likely N-dealkylation sites (tertiary alicyclic amines) is 1. The van der Waals surface area contributed by atoms with Gasteiger partial charge in [0.2, 0.25) is 5.91 Å². The number of benzene rings is 1. The van der Waals surface area contributed by atoms with Crippen molar-refractivity contribution in [2.24, 2.45) is 0 Å². The van der Waals surface area contributed by atoms with Crippen LogP contribution in [-0.2, 0) is 4.79 Å². The number of piperidine rings is 1. The van der Waals surface area contributed by atoms with Crippen molar-refractivity contribution in [2.75, 3.05) is 44.7 Å². The summed E-state index contributed by atoms with van der Waals surface area (Å²) in [6.07, 6.45) is 1.71. The van der Waals surface area contributed by atoms with Crippen molar-refractivity contribution in [1.29, 1.82) is 0 Å². The number of carbonyl (C=O) groups is 1. The SMILES string of the molecule is Cc1ccc2c(c1)[C@H]1CN(C)CC[C@H]1N2C(=O)CNCCCO. The summed E-state index contributed by atoms with van der Waals surface area (Å²) in [6, 6.07) is 6.74. The van der Waals surface area contributed by atoms with Gasteiger partial charge < -0.3 is 20.2 Å². The number of aliphatic hydroxyl groups excluding tert-OH is 1. The van der Waals surface area contributed by atoms with E-state index < -0.39 is 0 Å². The molecule has 0 spiro atoms. The van der Waals surface area contributed by atoms with Gasteiger partial charge in [-0.3, -0.25) is 4.79 Å². The quantitative estimate of drug-likeness (QED) is 0.799. The second-order valence-electron chi connectivity index (χ2n) is 6.80. The molecule has 2 atom stereocenters. The predicted octanol–water partition coefficient (Wildman–Crippen LogP) is 1.10. The first-order valence-electron chi connectivity index (χ1n) is 8.54. The lowest BCUT2D eigenvalue weighted by atomic mass is 9.89. The zero-order chi connectivity index (χ0) is 16.4. The lowest BCUT2D eigenvalue weighted by Gasteiger charge is -2.36. The van der Waals surface area contributed by atoms with Crippen LogP contribution in [0.3, 0.4) is 0 Å². The summed E-state index contributed by atoms with van der Waals surface area (Å²) < 4.78 is 0. The number of amides is 1. The molecule has 2 aliphatic heterocycles. The minimum atomic E-state index is 0.144. The Morgan fingerprint density at radius 3 is 3.04 bits per heavy atom. The van der Waals surface area contributed by atoms with Crippen molar-refractivity contribution >= 4 is 11.6 Å². The van der Waals surface area contributed by atoms with Crippen LogP contribution in [0.2, 0.25) is 0 Å². The first-order valence-corrected chi connectivity index (χ1v) is 8.54. The summed E-state index contributed by atoms with van der Waals surface area (Å²) in [5.41, 5.74) is 3.67. The van der Waals surface area contributed by atoms with Crippen molar-refractivity contribution < 1.29 is 9.90 Å². The molecule has 2 aliphatic rings. The minimum Gasteiger partial charge on any atom is -0.396 e. The van der Waals surface area contributed by atoms with E-state index in [9.17, 15) is 4.79 Å². The van der Waals surface area contributed by atoms with Crippen LogP contribution in [-0.4, -0.2) is 61.8 Å². The molecule has 23 heavy (non-hydrogen) atoms. The summed E-state index contributed by atoms with van der Waals surface area (Å²) >= 11 is 0. The fourth-order valence-corrected chi connectivity index (χ4v) is 3.89. The van der Waals surface area contributed by atoms with Gasteiger partial charge in [0.25, 0.3) is 0 Å². The van der Waals surface area contributed by atoms with Crippen LogP contribution in [0.15, 0.2) is 18.2 Å². The topological polar surface area (TPSA) is 55.8 Å². The Balaban J connectivity index is 1.81. The molecule has 1 amide bonds. The van der Waals surface area contributed by atoms with Gasteiger partial charge in [0, 0.05) is 30.8 Å². The maximum Gasteiger partial charge on any atom is 0.241 e. The molecule has 126 valence electrons. The number of rotatable bonds is 5. The number of hydrogen-bond acceptors (Lipinski definition) is 4. The zero-order valence-electron chi connectivity index (χ0n) is 14.1. The monoisotopic (exact) mass is 317 g/mol. The summed E-state index contributed by atoms with van der Waals surface area (Å²) in [4.78, 5) is 17.2. The molecule has 1 aromatic carbocycles. The Bertz CT molecular complexity index is 575. The Hall–Kier alpha value is -1.43. The van der Waals surface area contributed by atoms with Crippen LogP contribution >= 0.6 is 0 Å². The standard InChI is InChI=1S/C18H27N3O2/c1-13-4-5-16-14(10-13)15-12-20(2)8-6-17(15)21(16)18(23)11-19-7-3-9-22/h4-5,10,15,17,19,22H,3,6-9,11-12H2,1-2H3/t15-,17-/m1/s1. The van der Waals surface area contributed by atoms with E-state index in [1.165, 1.54) is 11.1 Å². The van der Waals surface area contributed by atoms with Gasteiger partial charge in [-0.25, -0.2) is 0 Å². The van der Waals surface area contributed by atoms with Crippen LogP contribution in [0.4, 0.5) is 5.69 Å². The number of hydrogen-bond donors (Lipinski definition) is 2. The molecule has 0 radical (unpaired) electrons. The summed E-state index contributed by atoms with van der Waals surface area (Å²) in [7, 11) is 2.16. The molecule has 2 N–H and O–H groups in total. The molecular weight excluding hydrogens is 290 g/mol. The smallest absolute Gasteiger partial charge is 0.241 e. The Labute approximate surface area is 138 Å². The third-order valence-electron chi connectivity index (χ3n) is 5.01. The van der Waals surface area contributed by atoms with Crippen LogP contribution < -0.4 is 10.2 Å². The molecule has 0 aliphatic carbocycles. The first kappa shape index (κ1) is 16.4. The number of aryl methyl sites for hydroxylation is 1. The van der Waals surface area contributed by atoms with Gasteiger partial charge in [-0.2, -0.15) is 0 Å². The normalized spacial score (nSPS) is 23.7. The molecule has 1 fully saturated rings. The molecular formula is C18H27N3O2. The second-order valence-corrected chi connectivity index (χ2v) is 6.80. The van der Waals surface area contributed by atoms with Gasteiger partial charge in [0.15, 0.2) is 0 Å². The fourth-order valence-electron chi connectivity index (χ4n) is 3.89.